The fourth-order valence-electron chi connectivity index (χ4n) is 4.07. The highest BCUT2D eigenvalue weighted by atomic mass is 16.5. The average Bonchev–Trinajstić information content (AvgIpc) is 3.57. The number of esters is 1. The number of aromatic nitrogens is 2. The molecule has 4 rings (SSSR count). The molecule has 0 aliphatic carbocycles. The lowest BCUT2D eigenvalue weighted by Crippen LogP contribution is -2.44. The van der Waals surface area contributed by atoms with E-state index in [1.54, 1.807) is 30.3 Å². The largest absolute Gasteiger partial charge is 0.459 e. The van der Waals surface area contributed by atoms with Crippen LogP contribution in [0.3, 0.4) is 0 Å². The minimum Gasteiger partial charge on any atom is -0.459 e. The van der Waals surface area contributed by atoms with Crippen molar-refractivity contribution >= 4 is 23.5 Å². The van der Waals surface area contributed by atoms with Crippen LogP contribution in [0.2, 0.25) is 0 Å². The van der Waals surface area contributed by atoms with Gasteiger partial charge in [0.2, 0.25) is 5.78 Å². The minimum atomic E-state index is -0.882. The van der Waals surface area contributed by atoms with E-state index in [4.69, 9.17) is 14.9 Å². The zero-order chi connectivity index (χ0) is 25.1. The van der Waals surface area contributed by atoms with Crippen LogP contribution in [-0.2, 0) is 23.1 Å². The smallest absolute Gasteiger partial charge is 0.332 e. The van der Waals surface area contributed by atoms with E-state index in [1.165, 1.54) is 24.3 Å². The molecule has 1 aromatic carbocycles. The number of likely N-dealkylation sites (tertiary alicyclic amines) is 1. The van der Waals surface area contributed by atoms with E-state index in [0.717, 1.165) is 14.7 Å². The summed E-state index contributed by atoms with van der Waals surface area (Å²) in [5, 5.41) is 0. The number of furan rings is 1. The number of hydrogen-bond acceptors (Lipinski definition) is 8. The Labute approximate surface area is 199 Å². The van der Waals surface area contributed by atoms with E-state index >= 15 is 0 Å². The van der Waals surface area contributed by atoms with Crippen LogP contribution in [0.15, 0.2) is 62.7 Å². The van der Waals surface area contributed by atoms with Gasteiger partial charge in [-0.15, -0.1) is 0 Å². The molecule has 1 aliphatic heterocycles. The summed E-state index contributed by atoms with van der Waals surface area (Å²) in [6, 6.07) is 11.1. The maximum absolute atomic E-state index is 12.9. The molecule has 1 fully saturated rings. The molecule has 1 atom stereocenters. The van der Waals surface area contributed by atoms with Gasteiger partial charge in [0.05, 0.1) is 12.8 Å². The molecule has 0 radical (unpaired) electrons. The van der Waals surface area contributed by atoms with Crippen LogP contribution in [-0.4, -0.2) is 50.9 Å². The molecule has 1 aliphatic rings. The summed E-state index contributed by atoms with van der Waals surface area (Å²) < 4.78 is 12.2. The summed E-state index contributed by atoms with van der Waals surface area (Å²) in [4.78, 5) is 64.8. The van der Waals surface area contributed by atoms with Crippen molar-refractivity contribution < 1.29 is 23.5 Å². The maximum atomic E-state index is 12.9. The predicted octanol–water partition coefficient (Wildman–Crippen LogP) is 0.801. The summed E-state index contributed by atoms with van der Waals surface area (Å²) in [5.41, 5.74) is 4.82. The van der Waals surface area contributed by atoms with Crippen LogP contribution in [0, 0.1) is 0 Å². The van der Waals surface area contributed by atoms with Crippen molar-refractivity contribution in [3.63, 3.8) is 0 Å². The number of benzene rings is 1. The lowest BCUT2D eigenvalue weighted by atomic mass is 10.1. The molecule has 2 N–H and O–H groups in total. The molecule has 0 bridgehead atoms. The van der Waals surface area contributed by atoms with Crippen molar-refractivity contribution in [1.29, 1.82) is 0 Å². The fraction of sp³-hybridized carbons (Fsp3) is 0.292. The highest BCUT2D eigenvalue weighted by Gasteiger charge is 2.37. The number of anilines is 1. The van der Waals surface area contributed by atoms with E-state index < -0.39 is 47.1 Å². The molecule has 0 saturated carbocycles. The van der Waals surface area contributed by atoms with Crippen LogP contribution in [0.5, 0.6) is 0 Å². The zero-order valence-corrected chi connectivity index (χ0v) is 19.0. The Morgan fingerprint density at radius 1 is 1.11 bits per heavy atom. The monoisotopic (exact) mass is 480 g/mol. The molecular weight excluding hydrogens is 456 g/mol. The van der Waals surface area contributed by atoms with Crippen molar-refractivity contribution in [2.45, 2.75) is 25.4 Å². The van der Waals surface area contributed by atoms with E-state index in [-0.39, 0.29) is 18.1 Å². The Bertz CT molecular complexity index is 1370. The number of amides is 1. The minimum absolute atomic E-state index is 0.0472. The number of rotatable bonds is 7. The van der Waals surface area contributed by atoms with Crippen LogP contribution >= 0.6 is 0 Å². The molecule has 182 valence electrons. The van der Waals surface area contributed by atoms with Gasteiger partial charge in [-0.05, 0) is 30.5 Å². The number of hydrogen-bond donors (Lipinski definition) is 1. The predicted molar refractivity (Wildman–Crippen MR) is 124 cm³/mol. The summed E-state index contributed by atoms with van der Waals surface area (Å²) in [6.07, 6.45) is 2.31. The molecule has 11 heteroatoms. The number of nitrogen functional groups attached to an aromatic ring is 1. The number of ether oxygens (including phenoxy) is 1. The second-order valence-electron chi connectivity index (χ2n) is 8.14. The first-order valence-electron chi connectivity index (χ1n) is 11.0. The summed E-state index contributed by atoms with van der Waals surface area (Å²) in [7, 11) is 1.24. The third-order valence-electron chi connectivity index (χ3n) is 5.91. The highest BCUT2D eigenvalue weighted by Crippen LogP contribution is 2.21. The maximum Gasteiger partial charge on any atom is 0.332 e. The zero-order valence-electron chi connectivity index (χ0n) is 19.0. The lowest BCUT2D eigenvalue weighted by Gasteiger charge is -2.22. The van der Waals surface area contributed by atoms with E-state index in [9.17, 15) is 24.0 Å². The van der Waals surface area contributed by atoms with Crippen LogP contribution in [0.4, 0.5) is 5.82 Å². The average molecular weight is 480 g/mol. The van der Waals surface area contributed by atoms with Crippen molar-refractivity contribution in [2.24, 2.45) is 7.05 Å². The van der Waals surface area contributed by atoms with Gasteiger partial charge in [0.15, 0.2) is 12.4 Å². The van der Waals surface area contributed by atoms with Gasteiger partial charge >= 0.3 is 11.7 Å². The molecular formula is C24H24N4O7. The Hall–Kier alpha value is -4.41. The second kappa shape index (κ2) is 9.84. The Balaban J connectivity index is 1.52. The van der Waals surface area contributed by atoms with Gasteiger partial charge in [0.25, 0.3) is 11.5 Å². The standard InChI is InChI=1S/C24H24N4O7/c1-26-22(31)19(20(25)28(24(26)33)13-15-7-3-2-4-8-15)17(29)14-35-23(32)16-9-5-11-27(16)21(30)18-10-6-12-34-18/h2-4,6-8,10,12,16H,5,9,11,13-14,25H2,1H3. The van der Waals surface area contributed by atoms with Crippen molar-refractivity contribution in [1.82, 2.24) is 14.0 Å². The molecule has 0 spiro atoms. The number of Topliss-reactive ketones (excluding diaryl/α,β-unsaturated/α-hetero) is 1. The van der Waals surface area contributed by atoms with E-state index in [2.05, 4.69) is 0 Å². The van der Waals surface area contributed by atoms with E-state index in [1.807, 2.05) is 6.07 Å². The molecule has 35 heavy (non-hydrogen) atoms. The van der Waals surface area contributed by atoms with Crippen LogP contribution < -0.4 is 17.0 Å². The molecule has 1 unspecified atom stereocenters. The van der Waals surface area contributed by atoms with Gasteiger partial charge in [-0.1, -0.05) is 30.3 Å². The second-order valence-corrected chi connectivity index (χ2v) is 8.14. The van der Waals surface area contributed by atoms with Crippen molar-refractivity contribution in [3.05, 3.63) is 86.5 Å². The van der Waals surface area contributed by atoms with Crippen molar-refractivity contribution in [2.75, 3.05) is 18.9 Å². The van der Waals surface area contributed by atoms with Crippen LogP contribution in [0.25, 0.3) is 0 Å². The number of nitrogens with two attached hydrogens (primary N) is 1. The number of ketones is 1. The van der Waals surface area contributed by atoms with E-state index in [0.29, 0.717) is 19.4 Å². The molecule has 11 nitrogen and oxygen atoms in total. The molecule has 3 aromatic rings. The lowest BCUT2D eigenvalue weighted by molar-refractivity contribution is -0.147. The van der Waals surface area contributed by atoms with Gasteiger partial charge in [0, 0.05) is 13.6 Å². The third kappa shape index (κ3) is 4.65. The first kappa shape index (κ1) is 23.7. The molecule has 3 heterocycles. The molecule has 2 aromatic heterocycles. The van der Waals surface area contributed by atoms with Crippen LogP contribution in [0.1, 0.15) is 39.3 Å². The Kier molecular flexibility index (Phi) is 6.67. The number of carbonyl (C=O) groups is 3. The Morgan fingerprint density at radius 2 is 1.86 bits per heavy atom. The normalized spacial score (nSPS) is 15.2. The van der Waals surface area contributed by atoms with Gasteiger partial charge in [-0.3, -0.25) is 23.5 Å². The quantitative estimate of drug-likeness (QED) is 0.386. The summed E-state index contributed by atoms with van der Waals surface area (Å²) in [6.45, 7) is -0.377. The van der Waals surface area contributed by atoms with Gasteiger partial charge in [-0.2, -0.15) is 0 Å². The topological polar surface area (TPSA) is 147 Å². The first-order valence-corrected chi connectivity index (χ1v) is 11.0. The SMILES string of the molecule is Cn1c(=O)c(C(=O)COC(=O)C2CCCN2C(=O)c2ccco2)c(N)n(Cc2ccccc2)c1=O. The molecule has 1 amide bonds. The number of carbonyl (C=O) groups excluding carboxylic acids is 3. The summed E-state index contributed by atoms with van der Waals surface area (Å²) >= 11 is 0. The van der Waals surface area contributed by atoms with Gasteiger partial charge in [0.1, 0.15) is 17.4 Å². The van der Waals surface area contributed by atoms with Gasteiger partial charge in [-0.25, -0.2) is 9.59 Å². The number of nitrogens with zero attached hydrogens (tertiary/aromatic N) is 3. The molecule has 1 saturated heterocycles. The van der Waals surface area contributed by atoms with Crippen molar-refractivity contribution in [3.8, 4) is 0 Å². The third-order valence-corrected chi connectivity index (χ3v) is 5.91. The fourth-order valence-corrected chi connectivity index (χ4v) is 4.07. The Morgan fingerprint density at radius 3 is 2.54 bits per heavy atom. The highest BCUT2D eigenvalue weighted by molar-refractivity contribution is 6.01. The summed E-state index contributed by atoms with van der Waals surface area (Å²) in [5.74, 6) is -2.29. The first-order chi connectivity index (χ1) is 16.8. The van der Waals surface area contributed by atoms with Gasteiger partial charge < -0.3 is 19.8 Å².